The summed E-state index contributed by atoms with van der Waals surface area (Å²) in [7, 11) is 1.49. The van der Waals surface area contributed by atoms with Crippen LogP contribution >= 0.6 is 39.3 Å². The molecule has 0 spiro atoms. The Bertz CT molecular complexity index is 1380. The van der Waals surface area contributed by atoms with Gasteiger partial charge in [0.2, 0.25) is 0 Å². The maximum atomic E-state index is 13.0. The summed E-state index contributed by atoms with van der Waals surface area (Å²) >= 11 is 10.5. The average molecular weight is 590 g/mol. The van der Waals surface area contributed by atoms with Crippen LogP contribution in [-0.4, -0.2) is 28.1 Å². The SMILES string of the molecule is COc1cc(/C=C2\SC(=O)N(Cc3ccccc3Cl)C2=O)c(Br)cc1OCc1ccc([N+](=O)[O-])cc1. The Morgan fingerprint density at radius 1 is 1.11 bits per heavy atom. The number of carbonyl (C=O) groups is 2. The number of imide groups is 1. The van der Waals surface area contributed by atoms with Crippen LogP contribution in [0.25, 0.3) is 6.08 Å². The van der Waals surface area contributed by atoms with E-state index in [1.807, 2.05) is 0 Å². The second-order valence-corrected chi connectivity index (χ2v) is 9.85. The normalized spacial score (nSPS) is 14.4. The second-order valence-electron chi connectivity index (χ2n) is 7.60. The molecule has 1 aliphatic rings. The molecule has 1 fully saturated rings. The van der Waals surface area contributed by atoms with Crippen molar-refractivity contribution >= 4 is 62.2 Å². The summed E-state index contributed by atoms with van der Waals surface area (Å²) in [6, 6.07) is 16.5. The van der Waals surface area contributed by atoms with Crippen molar-refractivity contribution in [3.05, 3.63) is 102 Å². The zero-order valence-electron chi connectivity index (χ0n) is 18.8. The van der Waals surface area contributed by atoms with E-state index in [-0.39, 0.29) is 29.0 Å². The average Bonchev–Trinajstić information content (AvgIpc) is 3.12. The van der Waals surface area contributed by atoms with Crippen LogP contribution in [0.15, 0.2) is 70.0 Å². The summed E-state index contributed by atoms with van der Waals surface area (Å²) in [5.74, 6) is 0.447. The Balaban J connectivity index is 1.52. The molecule has 3 aromatic carbocycles. The second kappa shape index (κ2) is 11.2. The van der Waals surface area contributed by atoms with Gasteiger partial charge < -0.3 is 9.47 Å². The molecule has 8 nitrogen and oxygen atoms in total. The van der Waals surface area contributed by atoms with Crippen LogP contribution in [0.4, 0.5) is 10.5 Å². The summed E-state index contributed by atoms with van der Waals surface area (Å²) in [6.07, 6.45) is 1.62. The predicted molar refractivity (Wildman–Crippen MR) is 141 cm³/mol. The van der Waals surface area contributed by atoms with Gasteiger partial charge in [-0.05, 0) is 64.9 Å². The van der Waals surface area contributed by atoms with Crippen molar-refractivity contribution in [2.24, 2.45) is 0 Å². The maximum Gasteiger partial charge on any atom is 0.293 e. The third-order valence-corrected chi connectivity index (χ3v) is 7.23. The molecule has 1 heterocycles. The Labute approximate surface area is 224 Å². The van der Waals surface area contributed by atoms with Gasteiger partial charge in [0.1, 0.15) is 6.61 Å². The number of nitrogens with zero attached hydrogens (tertiary/aromatic N) is 2. The van der Waals surface area contributed by atoms with Gasteiger partial charge >= 0.3 is 0 Å². The molecule has 0 N–H and O–H groups in total. The minimum Gasteiger partial charge on any atom is -0.493 e. The summed E-state index contributed by atoms with van der Waals surface area (Å²) in [6.45, 7) is 0.253. The van der Waals surface area contributed by atoms with E-state index < -0.39 is 10.8 Å². The van der Waals surface area contributed by atoms with Crippen molar-refractivity contribution < 1.29 is 24.0 Å². The lowest BCUT2D eigenvalue weighted by molar-refractivity contribution is -0.384. The molecule has 3 aromatic rings. The van der Waals surface area contributed by atoms with E-state index >= 15 is 0 Å². The summed E-state index contributed by atoms with van der Waals surface area (Å²) in [5, 5.41) is 10.9. The zero-order valence-corrected chi connectivity index (χ0v) is 21.9. The van der Waals surface area contributed by atoms with Gasteiger partial charge in [-0.15, -0.1) is 0 Å². The number of halogens is 2. The summed E-state index contributed by atoms with van der Waals surface area (Å²) < 4.78 is 11.9. The van der Waals surface area contributed by atoms with Crippen molar-refractivity contribution in [3.8, 4) is 11.5 Å². The molecule has 4 rings (SSSR count). The van der Waals surface area contributed by atoms with Gasteiger partial charge in [0.25, 0.3) is 16.8 Å². The first-order valence-corrected chi connectivity index (χ1v) is 12.5. The molecule has 0 unspecified atom stereocenters. The van der Waals surface area contributed by atoms with Gasteiger partial charge in [-0.3, -0.25) is 24.6 Å². The smallest absolute Gasteiger partial charge is 0.293 e. The van der Waals surface area contributed by atoms with E-state index in [1.54, 1.807) is 54.6 Å². The van der Waals surface area contributed by atoms with Crippen LogP contribution < -0.4 is 9.47 Å². The number of carbonyl (C=O) groups excluding carboxylic acids is 2. The molecule has 1 saturated heterocycles. The lowest BCUT2D eigenvalue weighted by Crippen LogP contribution is -2.27. The van der Waals surface area contributed by atoms with Crippen LogP contribution in [-0.2, 0) is 17.9 Å². The third-order valence-electron chi connectivity index (χ3n) is 5.27. The first-order valence-electron chi connectivity index (χ1n) is 10.5. The molecule has 1 aliphatic heterocycles. The number of hydrogen-bond acceptors (Lipinski definition) is 7. The van der Waals surface area contributed by atoms with Gasteiger partial charge in [0.15, 0.2) is 11.5 Å². The first kappa shape index (κ1) is 25.7. The van der Waals surface area contributed by atoms with E-state index in [0.717, 1.165) is 22.2 Å². The van der Waals surface area contributed by atoms with Crippen molar-refractivity contribution in [2.45, 2.75) is 13.2 Å². The van der Waals surface area contributed by atoms with Crippen molar-refractivity contribution in [3.63, 3.8) is 0 Å². The number of thioether (sulfide) groups is 1. The predicted octanol–water partition coefficient (Wildman–Crippen LogP) is 6.83. The quantitative estimate of drug-likeness (QED) is 0.161. The molecule has 11 heteroatoms. The number of benzene rings is 3. The highest BCUT2D eigenvalue weighted by Crippen LogP contribution is 2.39. The highest BCUT2D eigenvalue weighted by molar-refractivity contribution is 9.10. The highest BCUT2D eigenvalue weighted by Gasteiger charge is 2.35. The largest absolute Gasteiger partial charge is 0.493 e. The lowest BCUT2D eigenvalue weighted by Gasteiger charge is -2.14. The van der Waals surface area contributed by atoms with Crippen LogP contribution in [0.2, 0.25) is 5.02 Å². The highest BCUT2D eigenvalue weighted by atomic mass is 79.9. The fraction of sp³-hybridized carbons (Fsp3) is 0.120. The summed E-state index contributed by atoms with van der Waals surface area (Å²) in [4.78, 5) is 37.3. The van der Waals surface area contributed by atoms with Gasteiger partial charge in [-0.2, -0.15) is 0 Å². The fourth-order valence-corrected chi connectivity index (χ4v) is 4.84. The van der Waals surface area contributed by atoms with Gasteiger partial charge in [0.05, 0.1) is 23.5 Å². The van der Waals surface area contributed by atoms with E-state index in [9.17, 15) is 19.7 Å². The van der Waals surface area contributed by atoms with Gasteiger partial charge in [-0.1, -0.05) is 45.7 Å². The molecule has 0 radical (unpaired) electrons. The minimum absolute atomic E-state index is 0.000270. The molecular weight excluding hydrogens is 572 g/mol. The molecule has 0 atom stereocenters. The monoisotopic (exact) mass is 588 g/mol. The first-order chi connectivity index (χ1) is 17.3. The number of nitro groups is 1. The standard InChI is InChI=1S/C25H18BrClN2O6S/c1-34-21-10-17(19(26)12-22(21)35-14-15-6-8-18(9-7-15)29(32)33)11-23-24(30)28(25(31)36-23)13-16-4-2-3-5-20(16)27/h2-12H,13-14H2,1H3/b23-11-. The maximum absolute atomic E-state index is 13.0. The van der Waals surface area contributed by atoms with Gasteiger partial charge in [-0.25, -0.2) is 0 Å². The molecule has 184 valence electrons. The number of methoxy groups -OCH3 is 1. The third kappa shape index (κ3) is 5.72. The molecule has 0 saturated carbocycles. The van der Waals surface area contributed by atoms with Crippen molar-refractivity contribution in [1.82, 2.24) is 4.90 Å². The van der Waals surface area contributed by atoms with E-state index in [1.165, 1.54) is 19.2 Å². The zero-order chi connectivity index (χ0) is 25.8. The van der Waals surface area contributed by atoms with E-state index in [4.69, 9.17) is 21.1 Å². The molecule has 0 bridgehead atoms. The number of amides is 2. The van der Waals surface area contributed by atoms with Gasteiger partial charge in [0, 0.05) is 21.6 Å². The van der Waals surface area contributed by atoms with Crippen LogP contribution in [0.3, 0.4) is 0 Å². The Hall–Kier alpha value is -3.34. The van der Waals surface area contributed by atoms with Crippen LogP contribution in [0, 0.1) is 10.1 Å². The minimum atomic E-state index is -0.463. The Morgan fingerprint density at radius 2 is 1.83 bits per heavy atom. The van der Waals surface area contributed by atoms with E-state index in [2.05, 4.69) is 15.9 Å². The Kier molecular flexibility index (Phi) is 7.97. The molecule has 36 heavy (non-hydrogen) atoms. The molecule has 2 amide bonds. The number of nitro benzene ring substituents is 1. The number of ether oxygens (including phenoxy) is 2. The number of rotatable bonds is 8. The van der Waals surface area contributed by atoms with E-state index in [0.29, 0.717) is 32.1 Å². The number of non-ortho nitro benzene ring substituents is 1. The molecule has 0 aromatic heterocycles. The van der Waals surface area contributed by atoms with Crippen LogP contribution in [0.1, 0.15) is 16.7 Å². The Morgan fingerprint density at radius 3 is 2.50 bits per heavy atom. The lowest BCUT2D eigenvalue weighted by atomic mass is 10.1. The number of hydrogen-bond donors (Lipinski definition) is 0. The summed E-state index contributed by atoms with van der Waals surface area (Å²) in [5.41, 5.74) is 2.05. The van der Waals surface area contributed by atoms with Crippen LogP contribution in [0.5, 0.6) is 11.5 Å². The molecule has 0 aliphatic carbocycles. The topological polar surface area (TPSA) is 99.0 Å². The van der Waals surface area contributed by atoms with Crippen molar-refractivity contribution in [1.29, 1.82) is 0 Å². The molecular formula is C25H18BrClN2O6S. The van der Waals surface area contributed by atoms with Crippen molar-refractivity contribution in [2.75, 3.05) is 7.11 Å². The fourth-order valence-electron chi connectivity index (χ4n) is 3.38.